The van der Waals surface area contributed by atoms with Gasteiger partial charge in [0, 0.05) is 10.7 Å². The highest BCUT2D eigenvalue weighted by atomic mass is 35.5. The SMILES string of the molecule is Cc1nc(C)c(C(=O)OCC(=O)Nc2cc(Cl)ccc2C)s1. The highest BCUT2D eigenvalue weighted by Gasteiger charge is 2.16. The van der Waals surface area contributed by atoms with Gasteiger partial charge in [0.05, 0.1) is 10.7 Å². The Labute approximate surface area is 137 Å². The standard InChI is InChI=1S/C15H15ClN2O3S/c1-8-4-5-11(16)6-12(8)18-13(19)7-21-15(20)14-9(2)17-10(3)22-14/h4-6H,7H2,1-3H3,(H,18,19). The number of nitrogens with zero attached hydrogens (tertiary/aromatic N) is 1. The first-order valence-corrected chi connectivity index (χ1v) is 7.73. The maximum absolute atomic E-state index is 11.9. The van der Waals surface area contributed by atoms with Crippen LogP contribution in [0.15, 0.2) is 18.2 Å². The van der Waals surface area contributed by atoms with E-state index in [0.29, 0.717) is 21.3 Å². The number of nitrogens with one attached hydrogen (secondary N) is 1. The Morgan fingerprint density at radius 1 is 1.32 bits per heavy atom. The number of aryl methyl sites for hydroxylation is 3. The minimum Gasteiger partial charge on any atom is -0.451 e. The number of ether oxygens (including phenoxy) is 1. The second kappa shape index (κ2) is 6.89. The lowest BCUT2D eigenvalue weighted by Crippen LogP contribution is -2.21. The van der Waals surface area contributed by atoms with Crippen LogP contribution in [0.5, 0.6) is 0 Å². The highest BCUT2D eigenvalue weighted by molar-refractivity contribution is 7.13. The van der Waals surface area contributed by atoms with Gasteiger partial charge in [0.15, 0.2) is 6.61 Å². The van der Waals surface area contributed by atoms with Crippen molar-refractivity contribution >= 4 is 40.5 Å². The van der Waals surface area contributed by atoms with Crippen molar-refractivity contribution in [1.82, 2.24) is 4.98 Å². The van der Waals surface area contributed by atoms with E-state index in [1.165, 1.54) is 11.3 Å². The summed E-state index contributed by atoms with van der Waals surface area (Å²) < 4.78 is 5.01. The third-order valence-electron chi connectivity index (χ3n) is 2.90. The Kier molecular flexibility index (Phi) is 5.15. The maximum Gasteiger partial charge on any atom is 0.350 e. The maximum atomic E-state index is 11.9. The second-order valence-electron chi connectivity index (χ2n) is 4.73. The molecule has 116 valence electrons. The average Bonchev–Trinajstić information content (AvgIpc) is 2.79. The number of hydrogen-bond donors (Lipinski definition) is 1. The number of rotatable bonds is 4. The normalized spacial score (nSPS) is 10.4. The number of hydrogen-bond acceptors (Lipinski definition) is 5. The van der Waals surface area contributed by atoms with Crippen LogP contribution in [0.2, 0.25) is 5.02 Å². The molecule has 0 saturated heterocycles. The van der Waals surface area contributed by atoms with E-state index in [1.807, 2.05) is 13.8 Å². The van der Waals surface area contributed by atoms with E-state index in [4.69, 9.17) is 16.3 Å². The first kappa shape index (κ1) is 16.5. The molecular weight excluding hydrogens is 324 g/mol. The van der Waals surface area contributed by atoms with E-state index in [1.54, 1.807) is 25.1 Å². The number of benzene rings is 1. The summed E-state index contributed by atoms with van der Waals surface area (Å²) in [6.45, 7) is 5.03. The minimum atomic E-state index is -0.541. The number of halogens is 1. The average molecular weight is 339 g/mol. The summed E-state index contributed by atoms with van der Waals surface area (Å²) >= 11 is 7.13. The summed E-state index contributed by atoms with van der Waals surface area (Å²) in [6.07, 6.45) is 0. The molecule has 0 bridgehead atoms. The first-order chi connectivity index (χ1) is 10.4. The summed E-state index contributed by atoms with van der Waals surface area (Å²) in [5.74, 6) is -0.960. The first-order valence-electron chi connectivity index (χ1n) is 6.54. The lowest BCUT2D eigenvalue weighted by molar-refractivity contribution is -0.119. The number of anilines is 1. The van der Waals surface area contributed by atoms with Crippen LogP contribution in [0.4, 0.5) is 5.69 Å². The van der Waals surface area contributed by atoms with E-state index < -0.39 is 11.9 Å². The molecule has 1 aromatic carbocycles. The van der Waals surface area contributed by atoms with Gasteiger partial charge in [-0.2, -0.15) is 0 Å². The van der Waals surface area contributed by atoms with Crippen LogP contribution in [0.3, 0.4) is 0 Å². The molecule has 2 aromatic rings. The van der Waals surface area contributed by atoms with Gasteiger partial charge in [0.1, 0.15) is 4.88 Å². The zero-order valence-corrected chi connectivity index (χ0v) is 14.0. The largest absolute Gasteiger partial charge is 0.451 e. The van der Waals surface area contributed by atoms with E-state index >= 15 is 0 Å². The molecule has 0 unspecified atom stereocenters. The topological polar surface area (TPSA) is 68.3 Å². The van der Waals surface area contributed by atoms with Crippen LogP contribution in [0, 0.1) is 20.8 Å². The monoisotopic (exact) mass is 338 g/mol. The van der Waals surface area contributed by atoms with Crippen molar-refractivity contribution < 1.29 is 14.3 Å². The molecule has 1 N–H and O–H groups in total. The summed E-state index contributed by atoms with van der Waals surface area (Å²) in [5.41, 5.74) is 2.08. The van der Waals surface area contributed by atoms with Crippen LogP contribution < -0.4 is 5.32 Å². The zero-order chi connectivity index (χ0) is 16.3. The lowest BCUT2D eigenvalue weighted by Gasteiger charge is -2.09. The number of thiazole rings is 1. The van der Waals surface area contributed by atoms with Gasteiger partial charge in [0.25, 0.3) is 5.91 Å². The van der Waals surface area contributed by atoms with Gasteiger partial charge in [-0.25, -0.2) is 9.78 Å². The number of aromatic nitrogens is 1. The number of esters is 1. The van der Waals surface area contributed by atoms with Crippen molar-refractivity contribution in [1.29, 1.82) is 0 Å². The van der Waals surface area contributed by atoms with Crippen molar-refractivity contribution in [3.05, 3.63) is 44.4 Å². The minimum absolute atomic E-state index is 0.360. The fourth-order valence-corrected chi connectivity index (χ4v) is 2.82. The molecule has 0 spiro atoms. The van der Waals surface area contributed by atoms with Crippen molar-refractivity contribution in [3.8, 4) is 0 Å². The van der Waals surface area contributed by atoms with Crippen LogP contribution in [-0.2, 0) is 9.53 Å². The molecule has 1 heterocycles. The summed E-state index contributed by atoms with van der Waals surface area (Å²) in [5, 5.41) is 3.97. The Hall–Kier alpha value is -1.92. The molecule has 0 aliphatic heterocycles. The molecule has 0 radical (unpaired) electrons. The number of amides is 1. The van der Waals surface area contributed by atoms with E-state index in [9.17, 15) is 9.59 Å². The number of carbonyl (C=O) groups excluding carboxylic acids is 2. The highest BCUT2D eigenvalue weighted by Crippen LogP contribution is 2.20. The van der Waals surface area contributed by atoms with Gasteiger partial charge in [-0.1, -0.05) is 17.7 Å². The summed E-state index contributed by atoms with van der Waals surface area (Å²) in [4.78, 5) is 28.3. The van der Waals surface area contributed by atoms with Gasteiger partial charge < -0.3 is 10.1 Å². The van der Waals surface area contributed by atoms with Crippen LogP contribution >= 0.6 is 22.9 Å². The Morgan fingerprint density at radius 3 is 2.68 bits per heavy atom. The van der Waals surface area contributed by atoms with Crippen LogP contribution in [0.25, 0.3) is 0 Å². The van der Waals surface area contributed by atoms with E-state index in [-0.39, 0.29) is 6.61 Å². The smallest absolute Gasteiger partial charge is 0.350 e. The molecule has 7 heteroatoms. The van der Waals surface area contributed by atoms with E-state index in [0.717, 1.165) is 10.6 Å². The molecule has 1 amide bonds. The van der Waals surface area contributed by atoms with Gasteiger partial charge in [0.2, 0.25) is 0 Å². The quantitative estimate of drug-likeness (QED) is 0.866. The van der Waals surface area contributed by atoms with Crippen molar-refractivity contribution in [3.63, 3.8) is 0 Å². The molecule has 5 nitrogen and oxygen atoms in total. The van der Waals surface area contributed by atoms with Crippen molar-refractivity contribution in [2.45, 2.75) is 20.8 Å². The van der Waals surface area contributed by atoms with Gasteiger partial charge in [-0.3, -0.25) is 4.79 Å². The molecule has 0 atom stereocenters. The summed E-state index contributed by atoms with van der Waals surface area (Å²) in [7, 11) is 0. The Balaban J connectivity index is 1.94. The second-order valence-corrected chi connectivity index (χ2v) is 6.37. The van der Waals surface area contributed by atoms with Crippen LogP contribution in [-0.4, -0.2) is 23.5 Å². The predicted octanol–water partition coefficient (Wildman–Crippen LogP) is 3.52. The Bertz CT molecular complexity index is 728. The van der Waals surface area contributed by atoms with Crippen LogP contribution in [0.1, 0.15) is 25.9 Å². The third kappa shape index (κ3) is 4.05. The fourth-order valence-electron chi connectivity index (χ4n) is 1.83. The van der Waals surface area contributed by atoms with Gasteiger partial charge >= 0.3 is 5.97 Å². The molecule has 0 aliphatic carbocycles. The molecule has 1 aromatic heterocycles. The molecule has 0 saturated carbocycles. The van der Waals surface area contributed by atoms with Crippen molar-refractivity contribution in [2.75, 3.05) is 11.9 Å². The van der Waals surface area contributed by atoms with Crippen molar-refractivity contribution in [2.24, 2.45) is 0 Å². The zero-order valence-electron chi connectivity index (χ0n) is 12.4. The molecule has 2 rings (SSSR count). The molecule has 0 aliphatic rings. The lowest BCUT2D eigenvalue weighted by atomic mass is 10.2. The summed E-state index contributed by atoms with van der Waals surface area (Å²) in [6, 6.07) is 5.18. The Morgan fingerprint density at radius 2 is 2.05 bits per heavy atom. The molecular formula is C15H15ClN2O3S. The predicted molar refractivity (Wildman–Crippen MR) is 86.7 cm³/mol. The van der Waals surface area contributed by atoms with Gasteiger partial charge in [-0.15, -0.1) is 11.3 Å². The van der Waals surface area contributed by atoms with Gasteiger partial charge in [-0.05, 0) is 38.5 Å². The fraction of sp³-hybridized carbons (Fsp3) is 0.267. The van der Waals surface area contributed by atoms with E-state index in [2.05, 4.69) is 10.3 Å². The molecule has 0 fully saturated rings. The third-order valence-corrected chi connectivity index (χ3v) is 4.18. The molecule has 22 heavy (non-hydrogen) atoms. The number of carbonyl (C=O) groups is 2.